The van der Waals surface area contributed by atoms with Crippen LogP contribution in [-0.2, 0) is 11.2 Å². The molecule has 0 radical (unpaired) electrons. The molecule has 3 rings (SSSR count). The highest BCUT2D eigenvalue weighted by Gasteiger charge is 2.15. The third-order valence-electron chi connectivity index (χ3n) is 4.30. The van der Waals surface area contributed by atoms with Gasteiger partial charge in [0.1, 0.15) is 11.6 Å². The van der Waals surface area contributed by atoms with Crippen molar-refractivity contribution in [1.82, 2.24) is 10.2 Å². The van der Waals surface area contributed by atoms with E-state index in [1.807, 2.05) is 6.07 Å². The van der Waals surface area contributed by atoms with Crippen LogP contribution in [0, 0.1) is 11.7 Å². The fourth-order valence-electron chi connectivity index (χ4n) is 3.12. The number of nitrogens with one attached hydrogen (secondary N) is 2. The Bertz CT molecular complexity index is 680. The zero-order valence-electron chi connectivity index (χ0n) is 13.6. The largest absolute Gasteiger partial charge is 0.484 e. The molecule has 0 spiro atoms. The molecule has 128 valence electrons. The summed E-state index contributed by atoms with van der Waals surface area (Å²) in [5, 5.41) is 9.79. The first-order valence-corrected chi connectivity index (χ1v) is 8.41. The van der Waals surface area contributed by atoms with Crippen molar-refractivity contribution in [3.05, 3.63) is 41.8 Å². The third-order valence-corrected chi connectivity index (χ3v) is 4.30. The lowest BCUT2D eigenvalue weighted by atomic mass is 9.86. The van der Waals surface area contributed by atoms with Gasteiger partial charge in [-0.15, -0.1) is 0 Å². The normalized spacial score (nSPS) is 15.2. The topological polar surface area (TPSA) is 67.0 Å². The Morgan fingerprint density at radius 1 is 1.29 bits per heavy atom. The number of rotatable bonds is 6. The lowest BCUT2D eigenvalue weighted by molar-refractivity contribution is -0.118. The molecule has 1 aliphatic carbocycles. The average molecular weight is 331 g/mol. The van der Waals surface area contributed by atoms with E-state index in [-0.39, 0.29) is 12.5 Å². The van der Waals surface area contributed by atoms with E-state index in [0.717, 1.165) is 12.1 Å². The number of carbonyl (C=O) groups is 1. The number of aromatic nitrogens is 2. The van der Waals surface area contributed by atoms with Crippen LogP contribution in [0.2, 0.25) is 0 Å². The predicted molar refractivity (Wildman–Crippen MR) is 89.4 cm³/mol. The highest BCUT2D eigenvalue weighted by molar-refractivity contribution is 5.90. The summed E-state index contributed by atoms with van der Waals surface area (Å²) in [7, 11) is 0. The number of nitrogens with zero attached hydrogens (tertiary/aromatic N) is 1. The van der Waals surface area contributed by atoms with Crippen LogP contribution >= 0.6 is 0 Å². The van der Waals surface area contributed by atoms with E-state index in [1.54, 1.807) is 6.07 Å². The number of amides is 1. The second-order valence-corrected chi connectivity index (χ2v) is 6.28. The molecular weight excluding hydrogens is 309 g/mol. The van der Waals surface area contributed by atoms with E-state index in [2.05, 4.69) is 15.5 Å². The Morgan fingerprint density at radius 2 is 2.12 bits per heavy atom. The molecule has 2 N–H and O–H groups in total. The quantitative estimate of drug-likeness (QED) is 0.848. The number of aromatic amines is 1. The summed E-state index contributed by atoms with van der Waals surface area (Å²) >= 11 is 0. The molecule has 0 unspecified atom stereocenters. The number of hydrogen-bond acceptors (Lipinski definition) is 3. The number of H-pyrrole nitrogens is 1. The molecule has 1 aromatic heterocycles. The fraction of sp³-hybridized carbons (Fsp3) is 0.444. The monoisotopic (exact) mass is 331 g/mol. The van der Waals surface area contributed by atoms with Gasteiger partial charge in [0.05, 0.1) is 0 Å². The SMILES string of the molecule is O=C(COc1cccc(F)c1)Nc1cc(CC2CCCCC2)[nH]n1. The molecule has 2 aromatic rings. The predicted octanol–water partition coefficient (Wildman–Crippen LogP) is 3.69. The molecule has 5 nitrogen and oxygen atoms in total. The Hall–Kier alpha value is -2.37. The summed E-state index contributed by atoms with van der Waals surface area (Å²) in [6, 6.07) is 7.57. The van der Waals surface area contributed by atoms with Crippen LogP contribution in [-0.4, -0.2) is 22.7 Å². The van der Waals surface area contributed by atoms with Crippen molar-refractivity contribution in [2.75, 3.05) is 11.9 Å². The molecule has 0 bridgehead atoms. The molecule has 0 atom stereocenters. The first kappa shape index (κ1) is 16.5. The third kappa shape index (κ3) is 4.81. The van der Waals surface area contributed by atoms with E-state index in [1.165, 1.54) is 50.3 Å². The number of halogens is 1. The summed E-state index contributed by atoms with van der Waals surface area (Å²) in [6.45, 7) is -0.186. The van der Waals surface area contributed by atoms with Crippen molar-refractivity contribution in [1.29, 1.82) is 0 Å². The van der Waals surface area contributed by atoms with E-state index in [0.29, 0.717) is 17.5 Å². The number of carbonyl (C=O) groups excluding carboxylic acids is 1. The van der Waals surface area contributed by atoms with Crippen molar-refractivity contribution in [2.24, 2.45) is 5.92 Å². The van der Waals surface area contributed by atoms with Gasteiger partial charge in [-0.1, -0.05) is 38.2 Å². The highest BCUT2D eigenvalue weighted by Crippen LogP contribution is 2.26. The number of benzene rings is 1. The minimum absolute atomic E-state index is 0.186. The van der Waals surface area contributed by atoms with Crippen molar-refractivity contribution < 1.29 is 13.9 Å². The minimum Gasteiger partial charge on any atom is -0.484 e. The maximum absolute atomic E-state index is 13.0. The van der Waals surface area contributed by atoms with E-state index >= 15 is 0 Å². The lowest BCUT2D eigenvalue weighted by Crippen LogP contribution is -2.20. The van der Waals surface area contributed by atoms with Gasteiger partial charge >= 0.3 is 0 Å². The summed E-state index contributed by atoms with van der Waals surface area (Å²) in [6.07, 6.45) is 7.46. The van der Waals surface area contributed by atoms with Crippen LogP contribution in [0.15, 0.2) is 30.3 Å². The molecule has 24 heavy (non-hydrogen) atoms. The molecule has 1 heterocycles. The van der Waals surface area contributed by atoms with E-state index in [4.69, 9.17) is 4.74 Å². The van der Waals surface area contributed by atoms with Crippen LogP contribution in [0.5, 0.6) is 5.75 Å². The first-order valence-electron chi connectivity index (χ1n) is 8.41. The zero-order chi connectivity index (χ0) is 16.8. The summed E-state index contributed by atoms with van der Waals surface area (Å²) < 4.78 is 18.3. The molecule has 1 fully saturated rings. The maximum Gasteiger partial charge on any atom is 0.263 e. The Kier molecular flexibility index (Phi) is 5.46. The summed E-state index contributed by atoms with van der Waals surface area (Å²) in [5.41, 5.74) is 1.04. The summed E-state index contributed by atoms with van der Waals surface area (Å²) in [4.78, 5) is 11.9. The number of hydrogen-bond donors (Lipinski definition) is 2. The fourth-order valence-corrected chi connectivity index (χ4v) is 3.12. The summed E-state index contributed by atoms with van der Waals surface area (Å²) in [5.74, 6) is 0.806. The van der Waals surface area contributed by atoms with Crippen molar-refractivity contribution in [2.45, 2.75) is 38.5 Å². The van der Waals surface area contributed by atoms with Crippen molar-refractivity contribution in [3.63, 3.8) is 0 Å². The molecule has 1 saturated carbocycles. The van der Waals surface area contributed by atoms with Crippen LogP contribution < -0.4 is 10.1 Å². The maximum atomic E-state index is 13.0. The number of anilines is 1. The Labute approximate surface area is 140 Å². The van der Waals surface area contributed by atoms with Crippen LogP contribution in [0.3, 0.4) is 0 Å². The van der Waals surface area contributed by atoms with Gasteiger partial charge < -0.3 is 10.1 Å². The minimum atomic E-state index is -0.396. The average Bonchev–Trinajstić information content (AvgIpc) is 3.01. The number of ether oxygens (including phenoxy) is 1. The second-order valence-electron chi connectivity index (χ2n) is 6.28. The lowest BCUT2D eigenvalue weighted by Gasteiger charge is -2.20. The molecule has 1 aliphatic rings. The van der Waals surface area contributed by atoms with E-state index in [9.17, 15) is 9.18 Å². The molecule has 0 aliphatic heterocycles. The van der Waals surface area contributed by atoms with Gasteiger partial charge in [-0.2, -0.15) is 5.10 Å². The van der Waals surface area contributed by atoms with Gasteiger partial charge in [0.25, 0.3) is 5.91 Å². The standard InChI is InChI=1S/C18H22FN3O2/c19-14-7-4-8-16(10-14)24-12-18(23)20-17-11-15(21-22-17)9-13-5-2-1-3-6-13/h4,7-8,10-11,13H,1-3,5-6,9,12H2,(H2,20,21,22,23). The van der Waals surface area contributed by atoms with Gasteiger partial charge in [0.15, 0.2) is 12.4 Å². The van der Waals surface area contributed by atoms with E-state index < -0.39 is 5.82 Å². The molecule has 0 saturated heterocycles. The van der Waals surface area contributed by atoms with Crippen LogP contribution in [0.25, 0.3) is 0 Å². The van der Waals surface area contributed by atoms with Crippen molar-refractivity contribution in [3.8, 4) is 5.75 Å². The second kappa shape index (κ2) is 7.95. The smallest absolute Gasteiger partial charge is 0.263 e. The van der Waals surface area contributed by atoms with Gasteiger partial charge in [0, 0.05) is 17.8 Å². The Balaban J connectivity index is 1.46. The van der Waals surface area contributed by atoms with Gasteiger partial charge in [-0.25, -0.2) is 4.39 Å². The van der Waals surface area contributed by atoms with Gasteiger partial charge in [-0.3, -0.25) is 9.89 Å². The van der Waals surface area contributed by atoms with Crippen molar-refractivity contribution >= 4 is 11.7 Å². The zero-order valence-corrected chi connectivity index (χ0v) is 13.6. The molecule has 1 aromatic carbocycles. The van der Waals surface area contributed by atoms with Gasteiger partial charge in [-0.05, 0) is 24.5 Å². The van der Waals surface area contributed by atoms with Gasteiger partial charge in [0.2, 0.25) is 0 Å². The first-order chi connectivity index (χ1) is 11.7. The molecular formula is C18H22FN3O2. The molecule has 6 heteroatoms. The highest BCUT2D eigenvalue weighted by atomic mass is 19.1. The van der Waals surface area contributed by atoms with Crippen LogP contribution in [0.1, 0.15) is 37.8 Å². The Morgan fingerprint density at radius 3 is 2.92 bits per heavy atom. The van der Waals surface area contributed by atoms with Crippen LogP contribution in [0.4, 0.5) is 10.2 Å². The molecule has 1 amide bonds.